The first-order valence-electron chi connectivity index (χ1n) is 7.58. The SMILES string of the molecule is O=C(Nc1ccc(N2CCCC2)cc1)c1c(F)c(F)c(F)c(F)c1F. The quantitative estimate of drug-likeness (QED) is 0.507. The molecule has 8 heteroatoms. The van der Waals surface area contributed by atoms with E-state index in [1.807, 2.05) is 0 Å². The Morgan fingerprint density at radius 1 is 0.800 bits per heavy atom. The Balaban J connectivity index is 1.83. The van der Waals surface area contributed by atoms with Gasteiger partial charge in [0.15, 0.2) is 23.3 Å². The van der Waals surface area contributed by atoms with Crippen molar-refractivity contribution in [2.75, 3.05) is 23.3 Å². The molecule has 0 spiro atoms. The lowest BCUT2D eigenvalue weighted by molar-refractivity contribution is 0.101. The molecule has 0 aromatic heterocycles. The molecule has 0 atom stereocenters. The van der Waals surface area contributed by atoms with E-state index in [0.717, 1.165) is 31.6 Å². The maximum Gasteiger partial charge on any atom is 0.261 e. The fraction of sp³-hybridized carbons (Fsp3) is 0.235. The maximum absolute atomic E-state index is 13.6. The minimum atomic E-state index is -2.30. The first kappa shape index (κ1) is 17.2. The molecule has 3 rings (SSSR count). The van der Waals surface area contributed by atoms with Crippen LogP contribution in [0.2, 0.25) is 0 Å². The van der Waals surface area contributed by atoms with Crippen LogP contribution in [-0.2, 0) is 0 Å². The van der Waals surface area contributed by atoms with Gasteiger partial charge in [-0.2, -0.15) is 0 Å². The second-order valence-electron chi connectivity index (χ2n) is 5.64. The van der Waals surface area contributed by atoms with Crippen LogP contribution in [0.3, 0.4) is 0 Å². The van der Waals surface area contributed by atoms with E-state index in [4.69, 9.17) is 0 Å². The van der Waals surface area contributed by atoms with Crippen LogP contribution in [0.25, 0.3) is 0 Å². The minimum Gasteiger partial charge on any atom is -0.372 e. The smallest absolute Gasteiger partial charge is 0.261 e. The molecule has 1 N–H and O–H groups in total. The highest BCUT2D eigenvalue weighted by Gasteiger charge is 2.29. The molecule has 1 saturated heterocycles. The summed E-state index contributed by atoms with van der Waals surface area (Å²) in [5.41, 5.74) is -0.413. The van der Waals surface area contributed by atoms with Crippen molar-refractivity contribution in [3.63, 3.8) is 0 Å². The number of benzene rings is 2. The lowest BCUT2D eigenvalue weighted by atomic mass is 10.1. The summed E-state index contributed by atoms with van der Waals surface area (Å²) >= 11 is 0. The zero-order valence-corrected chi connectivity index (χ0v) is 12.9. The van der Waals surface area contributed by atoms with Crippen molar-refractivity contribution in [3.8, 4) is 0 Å². The van der Waals surface area contributed by atoms with Gasteiger partial charge in [0.2, 0.25) is 5.82 Å². The normalized spacial score (nSPS) is 14.0. The molecule has 0 aliphatic carbocycles. The highest BCUT2D eigenvalue weighted by Crippen LogP contribution is 2.25. The Morgan fingerprint density at radius 3 is 1.80 bits per heavy atom. The number of carbonyl (C=O) groups excluding carboxylic acids is 1. The Bertz CT molecular complexity index is 788. The topological polar surface area (TPSA) is 32.3 Å². The molecule has 1 aliphatic heterocycles. The van der Waals surface area contributed by atoms with Gasteiger partial charge < -0.3 is 10.2 Å². The number of nitrogens with zero attached hydrogens (tertiary/aromatic N) is 1. The van der Waals surface area contributed by atoms with E-state index in [0.29, 0.717) is 0 Å². The molecule has 0 bridgehead atoms. The van der Waals surface area contributed by atoms with Gasteiger partial charge in [0.1, 0.15) is 5.56 Å². The molecule has 0 radical (unpaired) electrons. The van der Waals surface area contributed by atoms with E-state index in [1.165, 1.54) is 12.1 Å². The summed E-state index contributed by atoms with van der Waals surface area (Å²) in [5, 5.41) is 2.14. The zero-order chi connectivity index (χ0) is 18.1. The number of nitrogens with one attached hydrogen (secondary N) is 1. The van der Waals surface area contributed by atoms with Crippen LogP contribution in [0.4, 0.5) is 33.3 Å². The third-order valence-corrected chi connectivity index (χ3v) is 4.03. The van der Waals surface area contributed by atoms with Crippen LogP contribution in [0.5, 0.6) is 0 Å². The molecule has 1 heterocycles. The standard InChI is InChI=1S/C17H13F5N2O/c18-12-11(13(19)15(21)16(22)14(12)20)17(25)23-9-3-5-10(6-4-9)24-7-1-2-8-24/h3-6H,1-2,7-8H2,(H,23,25). The monoisotopic (exact) mass is 356 g/mol. The average Bonchev–Trinajstić information content (AvgIpc) is 3.14. The van der Waals surface area contributed by atoms with E-state index >= 15 is 0 Å². The van der Waals surface area contributed by atoms with Crippen molar-refractivity contribution in [3.05, 3.63) is 58.9 Å². The number of rotatable bonds is 3. The van der Waals surface area contributed by atoms with Gasteiger partial charge in [-0.05, 0) is 37.1 Å². The first-order chi connectivity index (χ1) is 11.9. The zero-order valence-electron chi connectivity index (χ0n) is 12.9. The Morgan fingerprint density at radius 2 is 1.28 bits per heavy atom. The number of hydrogen-bond acceptors (Lipinski definition) is 2. The molecule has 1 amide bonds. The lowest BCUT2D eigenvalue weighted by Crippen LogP contribution is -2.20. The number of carbonyl (C=O) groups is 1. The van der Waals surface area contributed by atoms with Gasteiger partial charge in [0.25, 0.3) is 5.91 Å². The summed E-state index contributed by atoms with van der Waals surface area (Å²) in [6, 6.07) is 6.41. The number of anilines is 2. The van der Waals surface area contributed by atoms with Crippen LogP contribution in [-0.4, -0.2) is 19.0 Å². The van der Waals surface area contributed by atoms with E-state index in [9.17, 15) is 26.7 Å². The molecular formula is C17H13F5N2O. The maximum atomic E-state index is 13.6. The molecule has 0 saturated carbocycles. The highest BCUT2D eigenvalue weighted by atomic mass is 19.2. The summed E-state index contributed by atoms with van der Waals surface area (Å²) < 4.78 is 66.6. The third kappa shape index (κ3) is 3.16. The first-order valence-corrected chi connectivity index (χ1v) is 7.58. The van der Waals surface area contributed by atoms with E-state index in [-0.39, 0.29) is 5.69 Å². The highest BCUT2D eigenvalue weighted by molar-refractivity contribution is 6.04. The van der Waals surface area contributed by atoms with Crippen LogP contribution < -0.4 is 10.2 Å². The largest absolute Gasteiger partial charge is 0.372 e. The fourth-order valence-electron chi connectivity index (χ4n) is 2.73. The average molecular weight is 356 g/mol. The third-order valence-electron chi connectivity index (χ3n) is 4.03. The fourth-order valence-corrected chi connectivity index (χ4v) is 2.73. The Kier molecular flexibility index (Phi) is 4.61. The van der Waals surface area contributed by atoms with Gasteiger partial charge in [-0.15, -0.1) is 0 Å². The van der Waals surface area contributed by atoms with E-state index in [1.54, 1.807) is 12.1 Å². The van der Waals surface area contributed by atoms with Gasteiger partial charge in [-0.25, -0.2) is 22.0 Å². The van der Waals surface area contributed by atoms with Crippen molar-refractivity contribution in [1.29, 1.82) is 0 Å². The molecule has 25 heavy (non-hydrogen) atoms. The van der Waals surface area contributed by atoms with Gasteiger partial charge in [-0.3, -0.25) is 4.79 Å². The summed E-state index contributed by atoms with van der Waals surface area (Å²) in [4.78, 5) is 14.1. The number of amides is 1. The van der Waals surface area contributed by atoms with E-state index in [2.05, 4.69) is 10.2 Å². The second kappa shape index (κ2) is 6.70. The van der Waals surface area contributed by atoms with Crippen molar-refractivity contribution < 1.29 is 26.7 Å². The lowest BCUT2D eigenvalue weighted by Gasteiger charge is -2.17. The minimum absolute atomic E-state index is 0.178. The molecule has 1 aliphatic rings. The molecule has 2 aromatic carbocycles. The second-order valence-corrected chi connectivity index (χ2v) is 5.64. The van der Waals surface area contributed by atoms with Gasteiger partial charge in [-0.1, -0.05) is 0 Å². The Hall–Kier alpha value is -2.64. The van der Waals surface area contributed by atoms with Crippen LogP contribution in [0, 0.1) is 29.1 Å². The van der Waals surface area contributed by atoms with Crippen molar-refractivity contribution in [2.45, 2.75) is 12.8 Å². The summed E-state index contributed by atoms with van der Waals surface area (Å²) in [6.45, 7) is 1.83. The molecule has 3 nitrogen and oxygen atoms in total. The van der Waals surface area contributed by atoms with Crippen LogP contribution in [0.1, 0.15) is 23.2 Å². The van der Waals surface area contributed by atoms with Crippen LogP contribution >= 0.6 is 0 Å². The van der Waals surface area contributed by atoms with Gasteiger partial charge >= 0.3 is 0 Å². The van der Waals surface area contributed by atoms with Crippen molar-refractivity contribution >= 4 is 17.3 Å². The van der Waals surface area contributed by atoms with Crippen LogP contribution in [0.15, 0.2) is 24.3 Å². The summed E-state index contributed by atoms with van der Waals surface area (Å²) in [6.07, 6.45) is 2.16. The number of hydrogen-bond donors (Lipinski definition) is 1. The molecular weight excluding hydrogens is 343 g/mol. The molecule has 2 aromatic rings. The number of halogens is 5. The van der Waals surface area contributed by atoms with Crippen molar-refractivity contribution in [2.24, 2.45) is 0 Å². The van der Waals surface area contributed by atoms with Gasteiger partial charge in [0, 0.05) is 24.5 Å². The van der Waals surface area contributed by atoms with E-state index < -0.39 is 40.6 Å². The molecule has 132 valence electrons. The van der Waals surface area contributed by atoms with Crippen molar-refractivity contribution in [1.82, 2.24) is 0 Å². The molecule has 0 unspecified atom stereocenters. The predicted octanol–water partition coefficient (Wildman–Crippen LogP) is 4.23. The molecule has 1 fully saturated rings. The Labute approximate surface area is 140 Å². The van der Waals surface area contributed by atoms with Gasteiger partial charge in [0.05, 0.1) is 0 Å². The summed E-state index contributed by atoms with van der Waals surface area (Å²) in [7, 11) is 0. The summed E-state index contributed by atoms with van der Waals surface area (Å²) in [5.74, 6) is -12.4. The predicted molar refractivity (Wildman–Crippen MR) is 82.1 cm³/mol.